The molecule has 5 N–H and O–H groups in total. The van der Waals surface area contributed by atoms with Crippen molar-refractivity contribution in [1.82, 2.24) is 25.8 Å². The van der Waals surface area contributed by atoms with Crippen molar-refractivity contribution in [2.75, 3.05) is 13.7 Å². The molecule has 0 spiro atoms. The van der Waals surface area contributed by atoms with E-state index in [2.05, 4.69) is 20.9 Å². The lowest BCUT2D eigenvalue weighted by atomic mass is 9.90. The SMILES string of the molecule is C[C@H]1NC(=O)C(C2CCO2)N(C)C(=O)[C@H](C)[C@H](O)[C@H](Cc2cccnc2)NC(=O)[C@H]1NC(=O)c1ccccc1O. The summed E-state index contributed by atoms with van der Waals surface area (Å²) < 4.78 is 5.56. The number of pyridine rings is 1. The Kier molecular flexibility index (Phi) is 9.00. The summed E-state index contributed by atoms with van der Waals surface area (Å²) in [5.41, 5.74) is 0.662. The maximum atomic E-state index is 13.7. The Morgan fingerprint density at radius 2 is 1.85 bits per heavy atom. The molecule has 0 bridgehead atoms. The molecule has 4 rings (SSSR count). The molecular weight excluding hydrogens is 518 g/mol. The second-order valence-electron chi connectivity index (χ2n) is 10.3. The Labute approximate surface area is 232 Å². The summed E-state index contributed by atoms with van der Waals surface area (Å²) in [5, 5.41) is 29.7. The number of amides is 4. The molecule has 40 heavy (non-hydrogen) atoms. The zero-order chi connectivity index (χ0) is 29.0. The van der Waals surface area contributed by atoms with Crippen molar-refractivity contribution in [1.29, 1.82) is 0 Å². The van der Waals surface area contributed by atoms with E-state index in [1.54, 1.807) is 43.6 Å². The minimum atomic E-state index is -1.34. The summed E-state index contributed by atoms with van der Waals surface area (Å²) in [6, 6.07) is 5.20. The lowest BCUT2D eigenvalue weighted by molar-refractivity contribution is -0.159. The number of benzene rings is 1. The number of hydrogen-bond donors (Lipinski definition) is 5. The molecule has 2 aromatic rings. The van der Waals surface area contributed by atoms with Crippen LogP contribution in [0.1, 0.15) is 36.2 Å². The molecule has 4 amide bonds. The first-order valence-electron chi connectivity index (χ1n) is 13.2. The predicted molar refractivity (Wildman–Crippen MR) is 143 cm³/mol. The van der Waals surface area contributed by atoms with Crippen LogP contribution in [0.25, 0.3) is 0 Å². The van der Waals surface area contributed by atoms with Crippen LogP contribution >= 0.6 is 0 Å². The van der Waals surface area contributed by atoms with Crippen LogP contribution in [0, 0.1) is 5.92 Å². The number of para-hydroxylation sites is 1. The first kappa shape index (κ1) is 29.0. The minimum absolute atomic E-state index is 0.0495. The normalized spacial score (nSPS) is 29.8. The van der Waals surface area contributed by atoms with Crippen LogP contribution in [0.15, 0.2) is 48.8 Å². The van der Waals surface area contributed by atoms with Crippen LogP contribution < -0.4 is 16.0 Å². The molecule has 12 nitrogen and oxygen atoms in total. The monoisotopic (exact) mass is 553 g/mol. The molecule has 214 valence electrons. The number of aliphatic hydroxyl groups excluding tert-OH is 1. The number of rotatable bonds is 5. The number of aliphatic hydroxyl groups is 1. The van der Waals surface area contributed by atoms with Gasteiger partial charge >= 0.3 is 0 Å². The van der Waals surface area contributed by atoms with E-state index in [0.29, 0.717) is 18.6 Å². The van der Waals surface area contributed by atoms with Crippen LogP contribution in [0.2, 0.25) is 0 Å². The Morgan fingerprint density at radius 1 is 1.12 bits per heavy atom. The molecule has 0 radical (unpaired) electrons. The molecular formula is C28H35N5O7. The molecule has 0 aliphatic carbocycles. The van der Waals surface area contributed by atoms with Crippen molar-refractivity contribution in [2.45, 2.75) is 63.1 Å². The van der Waals surface area contributed by atoms with Crippen LogP contribution in [0.5, 0.6) is 5.75 Å². The fraction of sp³-hybridized carbons (Fsp3) is 0.464. The second kappa shape index (κ2) is 12.4. The topological polar surface area (TPSA) is 170 Å². The van der Waals surface area contributed by atoms with Crippen LogP contribution in [-0.4, -0.2) is 93.8 Å². The molecule has 12 heteroatoms. The van der Waals surface area contributed by atoms with Gasteiger partial charge in [0.15, 0.2) is 0 Å². The number of likely N-dealkylation sites (N-methyl/N-ethyl adjacent to an activating group) is 1. The van der Waals surface area contributed by atoms with Gasteiger partial charge in [0, 0.05) is 26.0 Å². The van der Waals surface area contributed by atoms with Crippen molar-refractivity contribution in [3.05, 3.63) is 59.9 Å². The molecule has 2 unspecified atom stereocenters. The standard InChI is InChI=1S/C28H35N5O7/c1-15-24(35)19(13-17-7-6-11-29-14-17)31-26(37)22(32-25(36)18-8-4-5-9-20(18)34)16(2)30-27(38)23(21-10-12-40-21)33(3)28(15)39/h4-9,11,14-16,19,21-24,34-35H,10,12-13H2,1-3H3,(H,30,38)(H,31,37)(H,32,36)/t15-,16-,19+,21?,22+,23?,24+/m1/s1. The average molecular weight is 554 g/mol. The summed E-state index contributed by atoms with van der Waals surface area (Å²) in [6.45, 7) is 3.53. The molecule has 3 heterocycles. The van der Waals surface area contributed by atoms with Crippen molar-refractivity contribution >= 4 is 23.6 Å². The van der Waals surface area contributed by atoms with Gasteiger partial charge in [-0.3, -0.25) is 24.2 Å². The highest BCUT2D eigenvalue weighted by Gasteiger charge is 2.44. The summed E-state index contributed by atoms with van der Waals surface area (Å²) in [5.74, 6) is -3.72. The zero-order valence-corrected chi connectivity index (χ0v) is 22.6. The van der Waals surface area contributed by atoms with E-state index in [4.69, 9.17) is 4.74 Å². The van der Waals surface area contributed by atoms with Gasteiger partial charge < -0.3 is 35.8 Å². The van der Waals surface area contributed by atoms with Gasteiger partial charge in [0.25, 0.3) is 5.91 Å². The quantitative estimate of drug-likeness (QED) is 0.337. The van der Waals surface area contributed by atoms with Gasteiger partial charge in [0.1, 0.15) is 17.8 Å². The zero-order valence-electron chi connectivity index (χ0n) is 22.6. The molecule has 2 saturated heterocycles. The lowest BCUT2D eigenvalue weighted by Gasteiger charge is -2.41. The van der Waals surface area contributed by atoms with Crippen molar-refractivity contribution in [3.63, 3.8) is 0 Å². The molecule has 0 saturated carbocycles. The van der Waals surface area contributed by atoms with E-state index in [0.717, 1.165) is 0 Å². The van der Waals surface area contributed by atoms with E-state index in [1.807, 2.05) is 0 Å². The number of ether oxygens (including phenoxy) is 1. The van der Waals surface area contributed by atoms with Gasteiger partial charge in [-0.1, -0.05) is 25.1 Å². The van der Waals surface area contributed by atoms with E-state index in [1.165, 1.54) is 31.0 Å². The number of hydrogen-bond acceptors (Lipinski definition) is 8. The smallest absolute Gasteiger partial charge is 0.255 e. The molecule has 7 atom stereocenters. The Balaban J connectivity index is 1.70. The van der Waals surface area contributed by atoms with Gasteiger partial charge in [-0.05, 0) is 43.5 Å². The highest BCUT2D eigenvalue weighted by Crippen LogP contribution is 2.24. The first-order chi connectivity index (χ1) is 19.1. The highest BCUT2D eigenvalue weighted by atomic mass is 16.5. The third kappa shape index (κ3) is 6.23. The molecule has 2 aliphatic rings. The van der Waals surface area contributed by atoms with E-state index < -0.39 is 65.9 Å². The summed E-state index contributed by atoms with van der Waals surface area (Å²) >= 11 is 0. The van der Waals surface area contributed by atoms with E-state index >= 15 is 0 Å². The van der Waals surface area contributed by atoms with Crippen LogP contribution in [0.3, 0.4) is 0 Å². The van der Waals surface area contributed by atoms with Crippen molar-refractivity contribution < 1.29 is 34.1 Å². The van der Waals surface area contributed by atoms with Gasteiger partial charge in [-0.15, -0.1) is 0 Å². The third-order valence-electron chi connectivity index (χ3n) is 7.53. The van der Waals surface area contributed by atoms with Gasteiger partial charge in [0.2, 0.25) is 17.7 Å². The number of carbonyl (C=O) groups excluding carboxylic acids is 4. The number of nitrogens with one attached hydrogen (secondary N) is 3. The predicted octanol–water partition coefficient (Wildman–Crippen LogP) is -0.256. The highest BCUT2D eigenvalue weighted by molar-refractivity contribution is 6.00. The van der Waals surface area contributed by atoms with Crippen LogP contribution in [0.4, 0.5) is 0 Å². The molecule has 2 fully saturated rings. The fourth-order valence-corrected chi connectivity index (χ4v) is 5.05. The number of phenols is 1. The average Bonchev–Trinajstić information content (AvgIpc) is 2.91. The number of phenolic OH excluding ortho intramolecular Hbond substituents is 1. The van der Waals surface area contributed by atoms with Gasteiger partial charge in [-0.25, -0.2) is 0 Å². The Morgan fingerprint density at radius 3 is 2.48 bits per heavy atom. The third-order valence-corrected chi connectivity index (χ3v) is 7.53. The summed E-state index contributed by atoms with van der Waals surface area (Å²) in [6.07, 6.45) is 2.00. The Bertz CT molecular complexity index is 1240. The van der Waals surface area contributed by atoms with E-state index in [9.17, 15) is 29.4 Å². The van der Waals surface area contributed by atoms with Gasteiger partial charge in [0.05, 0.1) is 35.8 Å². The molecule has 2 aliphatic heterocycles. The second-order valence-corrected chi connectivity index (χ2v) is 10.3. The fourth-order valence-electron chi connectivity index (χ4n) is 5.05. The summed E-state index contributed by atoms with van der Waals surface area (Å²) in [4.78, 5) is 59.1. The van der Waals surface area contributed by atoms with E-state index in [-0.39, 0.29) is 17.7 Å². The number of carbonyl (C=O) groups is 4. The molecule has 1 aromatic heterocycles. The largest absolute Gasteiger partial charge is 0.507 e. The summed E-state index contributed by atoms with van der Waals surface area (Å²) in [7, 11) is 1.49. The van der Waals surface area contributed by atoms with Crippen LogP contribution in [-0.2, 0) is 25.5 Å². The van der Waals surface area contributed by atoms with Crippen molar-refractivity contribution in [2.24, 2.45) is 5.92 Å². The maximum absolute atomic E-state index is 13.7. The van der Waals surface area contributed by atoms with Crippen molar-refractivity contribution in [3.8, 4) is 5.75 Å². The minimum Gasteiger partial charge on any atom is -0.507 e. The lowest BCUT2D eigenvalue weighted by Crippen LogP contribution is -2.66. The number of aromatic hydroxyl groups is 1. The first-order valence-corrected chi connectivity index (χ1v) is 13.2. The maximum Gasteiger partial charge on any atom is 0.255 e. The number of aromatic nitrogens is 1. The van der Waals surface area contributed by atoms with Gasteiger partial charge in [-0.2, -0.15) is 0 Å². The number of nitrogens with zero attached hydrogens (tertiary/aromatic N) is 2. The Hall–Kier alpha value is -4.03. The molecule has 1 aromatic carbocycles.